The van der Waals surface area contributed by atoms with Crippen molar-refractivity contribution in [3.8, 4) is 11.5 Å². The van der Waals surface area contributed by atoms with Crippen molar-refractivity contribution in [3.05, 3.63) is 54.0 Å². The highest BCUT2D eigenvalue weighted by Gasteiger charge is 2.18. The molecule has 3 rings (SSSR count). The third-order valence-corrected chi connectivity index (χ3v) is 3.41. The Balaban J connectivity index is 2.00. The molecule has 1 aromatic carbocycles. The molecule has 6 nitrogen and oxygen atoms in total. The molecular weight excluding hydrogens is 294 g/mol. The summed E-state index contributed by atoms with van der Waals surface area (Å²) in [7, 11) is 0. The second-order valence-electron chi connectivity index (χ2n) is 5.05. The van der Waals surface area contributed by atoms with E-state index >= 15 is 0 Å². The van der Waals surface area contributed by atoms with Crippen LogP contribution in [0.15, 0.2) is 42.6 Å². The summed E-state index contributed by atoms with van der Waals surface area (Å²) in [5.41, 5.74) is 2.16. The molecule has 0 bridgehead atoms. The normalized spacial score (nSPS) is 10.7. The van der Waals surface area contributed by atoms with Crippen molar-refractivity contribution in [2.24, 2.45) is 0 Å². The number of benzene rings is 1. The van der Waals surface area contributed by atoms with Gasteiger partial charge in [0, 0.05) is 18.0 Å². The topological polar surface area (TPSA) is 75.9 Å². The van der Waals surface area contributed by atoms with Gasteiger partial charge in [0.15, 0.2) is 11.4 Å². The molecule has 0 radical (unpaired) electrons. The van der Waals surface area contributed by atoms with Crippen molar-refractivity contribution in [1.82, 2.24) is 9.38 Å². The predicted octanol–water partition coefficient (Wildman–Crippen LogP) is 3.00. The van der Waals surface area contributed by atoms with Gasteiger partial charge < -0.3 is 15.2 Å². The molecule has 0 saturated carbocycles. The van der Waals surface area contributed by atoms with Gasteiger partial charge in [-0.15, -0.1) is 0 Å². The Labute approximate surface area is 133 Å². The summed E-state index contributed by atoms with van der Waals surface area (Å²) in [5.74, 6) is 0.431. The monoisotopic (exact) mass is 311 g/mol. The van der Waals surface area contributed by atoms with Crippen LogP contribution in [0, 0.1) is 6.92 Å². The van der Waals surface area contributed by atoms with Gasteiger partial charge in [-0.2, -0.15) is 0 Å². The van der Waals surface area contributed by atoms with Gasteiger partial charge in [0.05, 0.1) is 12.3 Å². The minimum Gasteiger partial charge on any atom is -0.508 e. The minimum atomic E-state index is -0.297. The maximum atomic E-state index is 12.6. The van der Waals surface area contributed by atoms with E-state index in [4.69, 9.17) is 4.74 Å². The number of phenolic OH excluding ortho intramolecular Hbond substituents is 1. The Bertz CT molecular complexity index is 871. The number of aromatic hydroxyl groups is 1. The van der Waals surface area contributed by atoms with E-state index in [-0.39, 0.29) is 11.7 Å². The molecule has 0 atom stereocenters. The molecule has 0 saturated heterocycles. The van der Waals surface area contributed by atoms with Crippen molar-refractivity contribution >= 4 is 17.2 Å². The van der Waals surface area contributed by atoms with E-state index in [0.29, 0.717) is 35.1 Å². The number of hydrogen-bond acceptors (Lipinski definition) is 4. The lowest BCUT2D eigenvalue weighted by Crippen LogP contribution is -2.15. The van der Waals surface area contributed by atoms with Crippen LogP contribution in [0.25, 0.3) is 5.65 Å². The molecule has 0 spiro atoms. The van der Waals surface area contributed by atoms with E-state index in [9.17, 15) is 9.90 Å². The summed E-state index contributed by atoms with van der Waals surface area (Å²) in [6.45, 7) is 4.20. The molecule has 6 heteroatoms. The number of nitrogens with one attached hydrogen (secondary N) is 1. The van der Waals surface area contributed by atoms with Crippen LogP contribution >= 0.6 is 0 Å². The molecule has 118 valence electrons. The average Bonchev–Trinajstić information content (AvgIpc) is 2.84. The van der Waals surface area contributed by atoms with Crippen LogP contribution in [0.1, 0.15) is 23.1 Å². The molecule has 0 aliphatic rings. The first-order valence-corrected chi connectivity index (χ1v) is 7.31. The highest BCUT2D eigenvalue weighted by molar-refractivity contribution is 6.04. The highest BCUT2D eigenvalue weighted by atomic mass is 16.5. The molecule has 0 unspecified atom stereocenters. The Hall–Kier alpha value is -3.02. The van der Waals surface area contributed by atoms with Crippen LogP contribution in [0.4, 0.5) is 5.69 Å². The van der Waals surface area contributed by atoms with Gasteiger partial charge in [0.2, 0.25) is 0 Å². The number of fused-ring (bicyclic) bond motifs is 1. The SMILES string of the molecule is CCOc1cccn2c(C(=O)Nc3cccc(O)c3)c(C)nc12. The number of carbonyl (C=O) groups is 1. The summed E-state index contributed by atoms with van der Waals surface area (Å²) < 4.78 is 7.26. The van der Waals surface area contributed by atoms with Crippen molar-refractivity contribution in [2.75, 3.05) is 11.9 Å². The zero-order valence-corrected chi connectivity index (χ0v) is 12.9. The fraction of sp³-hybridized carbons (Fsp3) is 0.176. The lowest BCUT2D eigenvalue weighted by atomic mass is 10.2. The molecule has 2 heterocycles. The average molecular weight is 311 g/mol. The third kappa shape index (κ3) is 2.83. The van der Waals surface area contributed by atoms with E-state index < -0.39 is 0 Å². The van der Waals surface area contributed by atoms with Crippen LogP contribution in [-0.4, -0.2) is 27.0 Å². The second kappa shape index (κ2) is 6.00. The maximum absolute atomic E-state index is 12.6. The molecule has 23 heavy (non-hydrogen) atoms. The third-order valence-electron chi connectivity index (χ3n) is 3.41. The molecule has 2 aromatic heterocycles. The molecule has 0 aliphatic carbocycles. The van der Waals surface area contributed by atoms with E-state index in [0.717, 1.165) is 0 Å². The highest BCUT2D eigenvalue weighted by Crippen LogP contribution is 2.23. The molecule has 2 N–H and O–H groups in total. The molecule has 1 amide bonds. The predicted molar refractivity (Wildman–Crippen MR) is 87.2 cm³/mol. The Morgan fingerprint density at radius 1 is 1.35 bits per heavy atom. The Morgan fingerprint density at radius 2 is 2.17 bits per heavy atom. The zero-order chi connectivity index (χ0) is 16.4. The zero-order valence-electron chi connectivity index (χ0n) is 12.9. The van der Waals surface area contributed by atoms with Gasteiger partial charge >= 0.3 is 0 Å². The van der Waals surface area contributed by atoms with Crippen LogP contribution in [0.5, 0.6) is 11.5 Å². The van der Waals surface area contributed by atoms with Crippen LogP contribution in [0.2, 0.25) is 0 Å². The first kappa shape index (κ1) is 14.9. The fourth-order valence-corrected chi connectivity index (χ4v) is 2.47. The maximum Gasteiger partial charge on any atom is 0.274 e. The smallest absolute Gasteiger partial charge is 0.274 e. The van der Waals surface area contributed by atoms with Gasteiger partial charge in [0.1, 0.15) is 11.4 Å². The fourth-order valence-electron chi connectivity index (χ4n) is 2.47. The lowest BCUT2D eigenvalue weighted by Gasteiger charge is -2.08. The minimum absolute atomic E-state index is 0.0938. The standard InChI is InChI=1S/C17H17N3O3/c1-3-23-14-8-5-9-20-15(11(2)18-16(14)20)17(22)19-12-6-4-7-13(21)10-12/h4-10,21H,3H2,1-2H3,(H,19,22). The van der Waals surface area contributed by atoms with Crippen molar-refractivity contribution in [1.29, 1.82) is 0 Å². The number of anilines is 1. The van der Waals surface area contributed by atoms with E-state index in [2.05, 4.69) is 10.3 Å². The first-order chi connectivity index (χ1) is 11.1. The molecule has 3 aromatic rings. The summed E-state index contributed by atoms with van der Waals surface area (Å²) in [4.78, 5) is 17.0. The molecule has 0 fully saturated rings. The van der Waals surface area contributed by atoms with E-state index in [1.807, 2.05) is 19.1 Å². The van der Waals surface area contributed by atoms with E-state index in [1.54, 1.807) is 35.7 Å². The molecule has 0 aliphatic heterocycles. The van der Waals surface area contributed by atoms with Crippen LogP contribution in [0.3, 0.4) is 0 Å². The van der Waals surface area contributed by atoms with Crippen LogP contribution < -0.4 is 10.1 Å². The van der Waals surface area contributed by atoms with E-state index in [1.165, 1.54) is 6.07 Å². The number of nitrogens with zero attached hydrogens (tertiary/aromatic N) is 2. The van der Waals surface area contributed by atoms with Crippen molar-refractivity contribution < 1.29 is 14.6 Å². The second-order valence-corrected chi connectivity index (χ2v) is 5.05. The van der Waals surface area contributed by atoms with Crippen LogP contribution in [-0.2, 0) is 0 Å². The summed E-state index contributed by atoms with van der Waals surface area (Å²) >= 11 is 0. The van der Waals surface area contributed by atoms with Gasteiger partial charge in [-0.05, 0) is 38.1 Å². The number of amides is 1. The number of hydrogen-bond donors (Lipinski definition) is 2. The summed E-state index contributed by atoms with van der Waals surface area (Å²) in [6.07, 6.45) is 1.77. The number of phenols is 1. The number of imidazole rings is 1. The number of rotatable bonds is 4. The van der Waals surface area contributed by atoms with Crippen molar-refractivity contribution in [2.45, 2.75) is 13.8 Å². The summed E-state index contributed by atoms with van der Waals surface area (Å²) in [6, 6.07) is 10.0. The number of pyridine rings is 1. The summed E-state index contributed by atoms with van der Waals surface area (Å²) in [5, 5.41) is 12.3. The Kier molecular flexibility index (Phi) is 3.89. The number of carbonyl (C=O) groups excluding carboxylic acids is 1. The van der Waals surface area contributed by atoms with Crippen molar-refractivity contribution in [3.63, 3.8) is 0 Å². The quantitative estimate of drug-likeness (QED) is 0.776. The van der Waals surface area contributed by atoms with Gasteiger partial charge in [0.25, 0.3) is 5.91 Å². The van der Waals surface area contributed by atoms with Gasteiger partial charge in [-0.25, -0.2) is 4.98 Å². The largest absolute Gasteiger partial charge is 0.508 e. The van der Waals surface area contributed by atoms with Gasteiger partial charge in [-0.3, -0.25) is 9.20 Å². The lowest BCUT2D eigenvalue weighted by molar-refractivity contribution is 0.102. The number of aryl methyl sites for hydroxylation is 1. The number of ether oxygens (including phenoxy) is 1. The Morgan fingerprint density at radius 3 is 2.91 bits per heavy atom. The first-order valence-electron chi connectivity index (χ1n) is 7.31. The molecular formula is C17H17N3O3. The van der Waals surface area contributed by atoms with Gasteiger partial charge in [-0.1, -0.05) is 6.07 Å². The number of aromatic nitrogens is 2.